The number of aryl methyl sites for hydroxylation is 2. The zero-order valence-corrected chi connectivity index (χ0v) is 7.77. The highest BCUT2D eigenvalue weighted by molar-refractivity contribution is 5.46. The molecule has 0 spiro atoms. The molecule has 0 bridgehead atoms. The van der Waals surface area contributed by atoms with Crippen LogP contribution in [0.3, 0.4) is 0 Å². The van der Waals surface area contributed by atoms with Gasteiger partial charge in [0.25, 0.3) is 0 Å². The van der Waals surface area contributed by atoms with E-state index in [9.17, 15) is 0 Å². The zero-order valence-electron chi connectivity index (χ0n) is 7.77. The number of hydrogen-bond donors (Lipinski definition) is 2. The van der Waals surface area contributed by atoms with Crippen molar-refractivity contribution in [2.75, 3.05) is 5.73 Å². The number of nitrogen functional groups attached to an aromatic ring is 1. The largest absolute Gasteiger partial charge is 0.399 e. The van der Waals surface area contributed by atoms with Gasteiger partial charge in [0, 0.05) is 12.1 Å². The molecule has 3 N–H and O–H groups in total. The molecule has 0 saturated carbocycles. The number of benzene rings is 1. The van der Waals surface area contributed by atoms with E-state index in [0.717, 1.165) is 29.9 Å². The normalized spacial score (nSPS) is 10.3. The number of nitrogens with one attached hydrogen (secondary N) is 1. The first kappa shape index (κ1) is 8.74. The number of hydrogen-bond acceptors (Lipinski definition) is 3. The second-order valence-corrected chi connectivity index (χ2v) is 3.13. The lowest BCUT2D eigenvalue weighted by molar-refractivity contribution is 0.866. The lowest BCUT2D eigenvalue weighted by Gasteiger charge is -2.02. The molecular formula is C10H12N4. The first-order valence-electron chi connectivity index (χ1n) is 4.54. The van der Waals surface area contributed by atoms with E-state index in [1.54, 1.807) is 0 Å². The van der Waals surface area contributed by atoms with Crippen LogP contribution in [0.25, 0.3) is 0 Å². The van der Waals surface area contributed by atoms with Gasteiger partial charge >= 0.3 is 0 Å². The summed E-state index contributed by atoms with van der Waals surface area (Å²) in [6, 6.07) is 7.88. The molecule has 1 heterocycles. The maximum absolute atomic E-state index is 5.81. The molecule has 0 saturated heterocycles. The van der Waals surface area contributed by atoms with Crippen molar-refractivity contribution in [1.82, 2.24) is 15.2 Å². The Bertz CT molecular complexity index is 394. The number of para-hydroxylation sites is 1. The van der Waals surface area contributed by atoms with E-state index in [0.29, 0.717) is 0 Å². The van der Waals surface area contributed by atoms with Gasteiger partial charge in [0.05, 0.1) is 0 Å². The second kappa shape index (κ2) is 3.91. The van der Waals surface area contributed by atoms with Gasteiger partial charge in [-0.2, -0.15) is 5.10 Å². The van der Waals surface area contributed by atoms with E-state index in [-0.39, 0.29) is 0 Å². The minimum Gasteiger partial charge on any atom is -0.399 e. The Labute approximate surface area is 82.2 Å². The number of H-pyrrole nitrogens is 1. The summed E-state index contributed by atoms with van der Waals surface area (Å²) in [5.41, 5.74) is 7.81. The molecule has 1 aromatic carbocycles. The molecule has 1 aromatic heterocycles. The average molecular weight is 188 g/mol. The van der Waals surface area contributed by atoms with Gasteiger partial charge in [-0.25, -0.2) is 4.98 Å². The second-order valence-electron chi connectivity index (χ2n) is 3.13. The first-order valence-corrected chi connectivity index (χ1v) is 4.54. The van der Waals surface area contributed by atoms with Gasteiger partial charge in [0.2, 0.25) is 0 Å². The maximum atomic E-state index is 5.81. The third kappa shape index (κ3) is 1.90. The van der Waals surface area contributed by atoms with Crippen LogP contribution in [0, 0.1) is 0 Å². The summed E-state index contributed by atoms with van der Waals surface area (Å²) >= 11 is 0. The van der Waals surface area contributed by atoms with Crippen molar-refractivity contribution in [3.63, 3.8) is 0 Å². The highest BCUT2D eigenvalue weighted by Gasteiger charge is 2.00. The van der Waals surface area contributed by atoms with Crippen molar-refractivity contribution in [3.8, 4) is 0 Å². The SMILES string of the molecule is Nc1ccccc1CCc1ncn[nH]1. The molecule has 0 amide bonds. The van der Waals surface area contributed by atoms with Crippen LogP contribution < -0.4 is 5.73 Å². The van der Waals surface area contributed by atoms with Gasteiger partial charge in [-0.15, -0.1) is 0 Å². The number of anilines is 1. The topological polar surface area (TPSA) is 67.6 Å². The number of aromatic amines is 1. The Kier molecular flexibility index (Phi) is 2.44. The van der Waals surface area contributed by atoms with Crippen molar-refractivity contribution >= 4 is 5.69 Å². The first-order chi connectivity index (χ1) is 6.86. The third-order valence-electron chi connectivity index (χ3n) is 2.15. The maximum Gasteiger partial charge on any atom is 0.137 e. The fourth-order valence-electron chi connectivity index (χ4n) is 1.37. The van der Waals surface area contributed by atoms with Crippen molar-refractivity contribution in [1.29, 1.82) is 0 Å². The number of aromatic nitrogens is 3. The highest BCUT2D eigenvalue weighted by atomic mass is 15.2. The van der Waals surface area contributed by atoms with Crippen LogP contribution in [-0.4, -0.2) is 15.2 Å². The molecule has 0 unspecified atom stereocenters. The Balaban J connectivity index is 2.02. The van der Waals surface area contributed by atoms with Crippen LogP contribution in [-0.2, 0) is 12.8 Å². The Morgan fingerprint density at radius 3 is 2.79 bits per heavy atom. The molecule has 72 valence electrons. The van der Waals surface area contributed by atoms with Crippen molar-refractivity contribution in [2.45, 2.75) is 12.8 Å². The van der Waals surface area contributed by atoms with Gasteiger partial charge in [-0.1, -0.05) is 18.2 Å². The van der Waals surface area contributed by atoms with Gasteiger partial charge < -0.3 is 5.73 Å². The summed E-state index contributed by atoms with van der Waals surface area (Å²) in [5, 5.41) is 6.61. The molecule has 0 aliphatic carbocycles. The molecule has 14 heavy (non-hydrogen) atoms. The smallest absolute Gasteiger partial charge is 0.137 e. The van der Waals surface area contributed by atoms with Crippen LogP contribution in [0.1, 0.15) is 11.4 Å². The van der Waals surface area contributed by atoms with Crippen molar-refractivity contribution in [3.05, 3.63) is 42.0 Å². The highest BCUT2D eigenvalue weighted by Crippen LogP contribution is 2.12. The minimum atomic E-state index is 0.840. The van der Waals surface area contributed by atoms with Crippen LogP contribution in [0.5, 0.6) is 0 Å². The molecule has 0 atom stereocenters. The zero-order chi connectivity index (χ0) is 9.80. The molecule has 2 aromatic rings. The summed E-state index contributed by atoms with van der Waals surface area (Å²) < 4.78 is 0. The molecule has 4 heteroatoms. The fraction of sp³-hybridized carbons (Fsp3) is 0.200. The van der Waals surface area contributed by atoms with E-state index < -0.39 is 0 Å². The summed E-state index contributed by atoms with van der Waals surface area (Å²) in [7, 11) is 0. The molecule has 2 rings (SSSR count). The summed E-state index contributed by atoms with van der Waals surface area (Å²) in [5.74, 6) is 0.897. The van der Waals surface area contributed by atoms with E-state index in [2.05, 4.69) is 15.2 Å². The van der Waals surface area contributed by atoms with E-state index in [4.69, 9.17) is 5.73 Å². The predicted molar refractivity (Wildman–Crippen MR) is 54.6 cm³/mol. The quantitative estimate of drug-likeness (QED) is 0.710. The summed E-state index contributed by atoms with van der Waals surface area (Å²) in [4.78, 5) is 4.05. The van der Waals surface area contributed by atoms with Crippen molar-refractivity contribution < 1.29 is 0 Å². The summed E-state index contributed by atoms with van der Waals surface area (Å²) in [6.07, 6.45) is 3.25. The standard InChI is InChI=1S/C10H12N4/c11-9-4-2-1-3-8(9)5-6-10-12-7-13-14-10/h1-4,7H,5-6,11H2,(H,12,13,14). The Morgan fingerprint density at radius 2 is 2.07 bits per heavy atom. The lowest BCUT2D eigenvalue weighted by atomic mass is 10.1. The number of rotatable bonds is 3. The predicted octanol–water partition coefficient (Wildman–Crippen LogP) is 1.17. The van der Waals surface area contributed by atoms with Crippen LogP contribution >= 0.6 is 0 Å². The molecule has 0 radical (unpaired) electrons. The monoisotopic (exact) mass is 188 g/mol. The summed E-state index contributed by atoms with van der Waals surface area (Å²) in [6.45, 7) is 0. The third-order valence-corrected chi connectivity index (χ3v) is 2.15. The molecule has 0 fully saturated rings. The fourth-order valence-corrected chi connectivity index (χ4v) is 1.37. The van der Waals surface area contributed by atoms with E-state index in [1.807, 2.05) is 24.3 Å². The van der Waals surface area contributed by atoms with Crippen LogP contribution in [0.4, 0.5) is 5.69 Å². The average Bonchev–Trinajstić information content (AvgIpc) is 2.69. The Hall–Kier alpha value is -1.84. The number of nitrogens with two attached hydrogens (primary N) is 1. The molecule has 0 aliphatic heterocycles. The lowest BCUT2D eigenvalue weighted by Crippen LogP contribution is -1.97. The van der Waals surface area contributed by atoms with Crippen LogP contribution in [0.2, 0.25) is 0 Å². The van der Waals surface area contributed by atoms with Crippen LogP contribution in [0.15, 0.2) is 30.6 Å². The minimum absolute atomic E-state index is 0.840. The number of nitrogens with zero attached hydrogens (tertiary/aromatic N) is 2. The van der Waals surface area contributed by atoms with Gasteiger partial charge in [-0.3, -0.25) is 5.10 Å². The van der Waals surface area contributed by atoms with E-state index >= 15 is 0 Å². The van der Waals surface area contributed by atoms with Crippen molar-refractivity contribution in [2.24, 2.45) is 0 Å². The molecule has 0 aliphatic rings. The Morgan fingerprint density at radius 1 is 1.21 bits per heavy atom. The van der Waals surface area contributed by atoms with E-state index in [1.165, 1.54) is 6.33 Å². The van der Waals surface area contributed by atoms with Gasteiger partial charge in [0.1, 0.15) is 12.2 Å². The molecule has 4 nitrogen and oxygen atoms in total. The van der Waals surface area contributed by atoms with Gasteiger partial charge in [0.15, 0.2) is 0 Å². The van der Waals surface area contributed by atoms with Gasteiger partial charge in [-0.05, 0) is 18.1 Å². The molecular weight excluding hydrogens is 176 g/mol.